The maximum atomic E-state index is 10.5. The average Bonchev–Trinajstić information content (AvgIpc) is 2.38. The Balaban J connectivity index is 0.00000162. The largest absolute Gasteiger partial charge is 1.00 e. The van der Waals surface area contributed by atoms with Gasteiger partial charge in [0.15, 0.2) is 0 Å². The molecule has 0 atom stereocenters. The van der Waals surface area contributed by atoms with E-state index in [1.165, 1.54) is 12.1 Å². The predicted molar refractivity (Wildman–Crippen MR) is 62.3 cm³/mol. The molecule has 0 aliphatic heterocycles. The van der Waals surface area contributed by atoms with Crippen LogP contribution >= 0.6 is 0 Å². The van der Waals surface area contributed by atoms with E-state index in [4.69, 9.17) is 0 Å². The van der Waals surface area contributed by atoms with Crippen molar-refractivity contribution in [2.75, 3.05) is 0 Å². The third-order valence-corrected chi connectivity index (χ3v) is 2.17. The minimum absolute atomic E-state index is 0. The molecule has 0 aliphatic rings. The van der Waals surface area contributed by atoms with Gasteiger partial charge in [-0.1, -0.05) is 12.1 Å². The van der Waals surface area contributed by atoms with Gasteiger partial charge in [-0.25, -0.2) is 0 Å². The summed E-state index contributed by atoms with van der Waals surface area (Å²) in [5, 5.41) is 10.5. The zero-order valence-electron chi connectivity index (χ0n) is 9.91. The van der Waals surface area contributed by atoms with Crippen LogP contribution < -0.4 is 34.7 Å². The van der Waals surface area contributed by atoms with Crippen molar-refractivity contribution in [1.82, 2.24) is 4.98 Å². The first kappa shape index (κ1) is 14.6. The molecule has 2 rings (SSSR count). The van der Waals surface area contributed by atoms with Gasteiger partial charge in [-0.05, 0) is 35.4 Å². The Morgan fingerprint density at radius 2 is 1.72 bits per heavy atom. The molecule has 5 heteroatoms. The Morgan fingerprint density at radius 3 is 2.28 bits per heavy atom. The molecule has 0 saturated carbocycles. The van der Waals surface area contributed by atoms with Crippen molar-refractivity contribution in [3.8, 4) is 0 Å². The Bertz CT molecular complexity index is 539. The molecule has 0 fully saturated rings. The zero-order chi connectivity index (χ0) is 12.1. The Labute approximate surface area is 127 Å². The number of benzene rings is 1. The number of carbonyl (C=O) groups is 1. The van der Waals surface area contributed by atoms with Crippen molar-refractivity contribution in [1.29, 1.82) is 0 Å². The number of carboxylic acid groups (broad SMARTS) is 1. The number of carbonyl (C=O) groups excluding carboxylic acids is 1. The van der Waals surface area contributed by atoms with Crippen LogP contribution in [0.1, 0.15) is 15.9 Å². The zero-order valence-corrected chi connectivity index (χ0v) is 11.9. The summed E-state index contributed by atoms with van der Waals surface area (Å²) in [6.07, 6.45) is 5.05. The molecular formula is C13H9N2NaO2. The van der Waals surface area contributed by atoms with Gasteiger partial charge in [-0.2, -0.15) is 0 Å². The van der Waals surface area contributed by atoms with Crippen LogP contribution in [0.2, 0.25) is 0 Å². The minimum Gasteiger partial charge on any atom is -0.545 e. The Morgan fingerprint density at radius 1 is 1.11 bits per heavy atom. The fourth-order valence-corrected chi connectivity index (χ4v) is 1.28. The van der Waals surface area contributed by atoms with Crippen LogP contribution in [0, 0.1) is 0 Å². The van der Waals surface area contributed by atoms with Gasteiger partial charge in [0.1, 0.15) is 0 Å². The molecule has 0 spiro atoms. The molecule has 0 unspecified atom stereocenters. The number of nitrogens with zero attached hydrogens (tertiary/aromatic N) is 2. The number of rotatable bonds is 3. The quantitative estimate of drug-likeness (QED) is 0.475. The van der Waals surface area contributed by atoms with E-state index in [-0.39, 0.29) is 35.1 Å². The van der Waals surface area contributed by atoms with Crippen LogP contribution in [-0.4, -0.2) is 17.2 Å². The van der Waals surface area contributed by atoms with Gasteiger partial charge in [-0.15, -0.1) is 0 Å². The fourth-order valence-electron chi connectivity index (χ4n) is 1.28. The molecule has 84 valence electrons. The number of aromatic carboxylic acids is 1. The molecule has 0 radical (unpaired) electrons. The van der Waals surface area contributed by atoms with Gasteiger partial charge in [0.25, 0.3) is 0 Å². The third-order valence-electron chi connectivity index (χ3n) is 2.17. The van der Waals surface area contributed by atoms with E-state index in [0.717, 1.165) is 5.56 Å². The van der Waals surface area contributed by atoms with Gasteiger partial charge in [0.2, 0.25) is 0 Å². The Hall–Kier alpha value is -1.49. The first-order chi connectivity index (χ1) is 8.25. The van der Waals surface area contributed by atoms with E-state index in [2.05, 4.69) is 9.98 Å². The van der Waals surface area contributed by atoms with Crippen molar-refractivity contribution >= 4 is 17.9 Å². The molecule has 1 aromatic carbocycles. The van der Waals surface area contributed by atoms with E-state index in [0.29, 0.717) is 5.69 Å². The molecule has 0 aliphatic carbocycles. The fraction of sp³-hybridized carbons (Fsp3) is 0. The summed E-state index contributed by atoms with van der Waals surface area (Å²) in [5.74, 6) is -1.19. The summed E-state index contributed by atoms with van der Waals surface area (Å²) in [7, 11) is 0. The number of hydrogen-bond acceptors (Lipinski definition) is 4. The molecule has 1 aromatic heterocycles. The van der Waals surface area contributed by atoms with Gasteiger partial charge >= 0.3 is 29.6 Å². The molecule has 0 bridgehead atoms. The van der Waals surface area contributed by atoms with Crippen molar-refractivity contribution in [3.05, 3.63) is 59.9 Å². The smallest absolute Gasteiger partial charge is 0.545 e. The van der Waals surface area contributed by atoms with Gasteiger partial charge in [0, 0.05) is 18.6 Å². The molecule has 0 saturated heterocycles. The first-order valence-corrected chi connectivity index (χ1v) is 5.01. The molecule has 18 heavy (non-hydrogen) atoms. The average molecular weight is 248 g/mol. The molecule has 0 N–H and O–H groups in total. The van der Waals surface area contributed by atoms with E-state index in [1.54, 1.807) is 30.7 Å². The SMILES string of the molecule is O=C([O-])c1ccc(N=Cc2ccncc2)cc1.[Na+]. The summed E-state index contributed by atoms with van der Waals surface area (Å²) >= 11 is 0. The molecule has 4 nitrogen and oxygen atoms in total. The van der Waals surface area contributed by atoms with Crippen LogP contribution in [-0.2, 0) is 0 Å². The normalized spacial score (nSPS) is 10.0. The van der Waals surface area contributed by atoms with Crippen LogP contribution in [0.3, 0.4) is 0 Å². The number of aromatic nitrogens is 1. The molecule has 0 amide bonds. The van der Waals surface area contributed by atoms with E-state index >= 15 is 0 Å². The summed E-state index contributed by atoms with van der Waals surface area (Å²) in [5.41, 5.74) is 1.77. The van der Waals surface area contributed by atoms with Crippen LogP contribution in [0.15, 0.2) is 53.8 Å². The molecular weight excluding hydrogens is 239 g/mol. The maximum Gasteiger partial charge on any atom is 1.00 e. The Kier molecular flexibility index (Phi) is 5.71. The van der Waals surface area contributed by atoms with E-state index in [9.17, 15) is 9.90 Å². The third kappa shape index (κ3) is 4.07. The van der Waals surface area contributed by atoms with Crippen molar-refractivity contribution in [3.63, 3.8) is 0 Å². The first-order valence-electron chi connectivity index (χ1n) is 5.01. The van der Waals surface area contributed by atoms with E-state index < -0.39 is 5.97 Å². The summed E-state index contributed by atoms with van der Waals surface area (Å²) in [4.78, 5) is 18.6. The van der Waals surface area contributed by atoms with Crippen molar-refractivity contribution < 1.29 is 39.5 Å². The number of aliphatic imine (C=N–C) groups is 1. The van der Waals surface area contributed by atoms with Crippen LogP contribution in [0.5, 0.6) is 0 Å². The van der Waals surface area contributed by atoms with Crippen molar-refractivity contribution in [2.45, 2.75) is 0 Å². The molecule has 1 heterocycles. The number of pyridine rings is 1. The topological polar surface area (TPSA) is 65.4 Å². The number of hydrogen-bond donors (Lipinski definition) is 0. The van der Waals surface area contributed by atoms with Crippen LogP contribution in [0.4, 0.5) is 5.69 Å². The second-order valence-electron chi connectivity index (χ2n) is 3.37. The summed E-state index contributed by atoms with van der Waals surface area (Å²) < 4.78 is 0. The number of carboxylic acids is 1. The minimum atomic E-state index is -1.19. The standard InChI is InChI=1S/C13H10N2O2.Na/c16-13(17)11-1-3-12(4-2-11)15-9-10-5-7-14-8-6-10;/h1-9H,(H,16,17);/q;+1/p-1. The van der Waals surface area contributed by atoms with Gasteiger partial charge in [0.05, 0.1) is 11.7 Å². The summed E-state index contributed by atoms with van der Waals surface area (Å²) in [6.45, 7) is 0. The van der Waals surface area contributed by atoms with Crippen LogP contribution in [0.25, 0.3) is 0 Å². The summed E-state index contributed by atoms with van der Waals surface area (Å²) in [6, 6.07) is 9.85. The van der Waals surface area contributed by atoms with E-state index in [1.807, 2.05) is 12.1 Å². The second-order valence-corrected chi connectivity index (χ2v) is 3.37. The second kappa shape index (κ2) is 7.06. The monoisotopic (exact) mass is 248 g/mol. The molecule has 2 aromatic rings. The van der Waals surface area contributed by atoms with Gasteiger partial charge < -0.3 is 9.90 Å². The predicted octanol–water partition coefficient (Wildman–Crippen LogP) is -1.80. The van der Waals surface area contributed by atoms with Crippen molar-refractivity contribution in [2.24, 2.45) is 4.99 Å². The maximum absolute atomic E-state index is 10.5. The van der Waals surface area contributed by atoms with Gasteiger partial charge in [-0.3, -0.25) is 9.98 Å².